The zero-order chi connectivity index (χ0) is 13.8. The Morgan fingerprint density at radius 3 is 2.19 bits per heavy atom. The van der Waals surface area contributed by atoms with E-state index in [2.05, 4.69) is 60.7 Å². The molecule has 5 rings (SSSR count). The minimum atomic E-state index is 0.952. The van der Waals surface area contributed by atoms with E-state index in [0.29, 0.717) is 0 Å². The van der Waals surface area contributed by atoms with Crippen molar-refractivity contribution in [2.45, 2.75) is 0 Å². The molecular formula is C20H12O. The highest BCUT2D eigenvalue weighted by Gasteiger charge is 2.10. The number of furan rings is 1. The van der Waals surface area contributed by atoms with Crippen molar-refractivity contribution < 1.29 is 4.42 Å². The third-order valence-electron chi connectivity index (χ3n) is 4.22. The van der Waals surface area contributed by atoms with Crippen LogP contribution in [-0.2, 0) is 0 Å². The van der Waals surface area contributed by atoms with E-state index in [1.807, 2.05) is 12.1 Å². The van der Waals surface area contributed by atoms with E-state index in [-0.39, 0.29) is 0 Å². The zero-order valence-corrected chi connectivity index (χ0v) is 11.3. The van der Waals surface area contributed by atoms with Gasteiger partial charge < -0.3 is 4.42 Å². The van der Waals surface area contributed by atoms with Crippen molar-refractivity contribution in [3.05, 3.63) is 72.8 Å². The molecular weight excluding hydrogens is 256 g/mol. The summed E-state index contributed by atoms with van der Waals surface area (Å²) in [6, 6.07) is 25.5. The van der Waals surface area contributed by atoms with E-state index >= 15 is 0 Å². The first-order valence-corrected chi connectivity index (χ1v) is 7.13. The van der Waals surface area contributed by atoms with Crippen LogP contribution in [0.3, 0.4) is 0 Å². The minimum absolute atomic E-state index is 0.952. The summed E-state index contributed by atoms with van der Waals surface area (Å²) in [5.74, 6) is 0. The van der Waals surface area contributed by atoms with Gasteiger partial charge in [-0.05, 0) is 45.8 Å². The third kappa shape index (κ3) is 1.46. The van der Waals surface area contributed by atoms with Crippen LogP contribution in [0.2, 0.25) is 0 Å². The fourth-order valence-corrected chi connectivity index (χ4v) is 3.24. The van der Waals surface area contributed by atoms with Gasteiger partial charge in [-0.25, -0.2) is 0 Å². The maximum Gasteiger partial charge on any atom is 0.136 e. The van der Waals surface area contributed by atoms with E-state index in [0.717, 1.165) is 11.2 Å². The highest BCUT2D eigenvalue weighted by atomic mass is 16.3. The summed E-state index contributed by atoms with van der Waals surface area (Å²) < 4.78 is 5.97. The molecule has 1 aromatic heterocycles. The zero-order valence-electron chi connectivity index (χ0n) is 11.3. The second-order valence-electron chi connectivity index (χ2n) is 5.46. The molecule has 0 aliphatic heterocycles. The van der Waals surface area contributed by atoms with Crippen LogP contribution in [-0.4, -0.2) is 0 Å². The fraction of sp³-hybridized carbons (Fsp3) is 0. The lowest BCUT2D eigenvalue weighted by atomic mass is 9.99. The lowest BCUT2D eigenvalue weighted by Crippen LogP contribution is -1.77. The second kappa shape index (κ2) is 3.86. The lowest BCUT2D eigenvalue weighted by Gasteiger charge is -2.03. The van der Waals surface area contributed by atoms with Crippen molar-refractivity contribution in [1.82, 2.24) is 0 Å². The molecule has 1 nitrogen and oxygen atoms in total. The van der Waals surface area contributed by atoms with Crippen LogP contribution in [0.1, 0.15) is 0 Å². The number of hydrogen-bond donors (Lipinski definition) is 0. The molecule has 0 aliphatic carbocycles. The van der Waals surface area contributed by atoms with Gasteiger partial charge in [0.2, 0.25) is 0 Å². The van der Waals surface area contributed by atoms with Crippen LogP contribution in [0.4, 0.5) is 0 Å². The van der Waals surface area contributed by atoms with E-state index < -0.39 is 0 Å². The summed E-state index contributed by atoms with van der Waals surface area (Å²) in [7, 11) is 0. The van der Waals surface area contributed by atoms with Crippen molar-refractivity contribution >= 4 is 43.5 Å². The van der Waals surface area contributed by atoms with Crippen molar-refractivity contribution in [3.8, 4) is 0 Å². The maximum absolute atomic E-state index is 5.97. The van der Waals surface area contributed by atoms with Gasteiger partial charge in [-0.2, -0.15) is 0 Å². The average Bonchev–Trinajstić information content (AvgIpc) is 2.92. The van der Waals surface area contributed by atoms with Gasteiger partial charge in [-0.1, -0.05) is 48.5 Å². The summed E-state index contributed by atoms with van der Waals surface area (Å²) in [5, 5.41) is 7.46. The monoisotopic (exact) mass is 268 g/mol. The highest BCUT2D eigenvalue weighted by molar-refractivity contribution is 6.20. The predicted octanol–water partition coefficient (Wildman–Crippen LogP) is 5.89. The number of para-hydroxylation sites is 1. The standard InChI is InChI=1S/C20H12O/c1-2-6-14-12-17-15(11-13(14)5-1)9-10-19-20(17)16-7-3-4-8-18(16)21-19/h1-12H. The molecule has 0 unspecified atom stereocenters. The molecule has 0 fully saturated rings. The summed E-state index contributed by atoms with van der Waals surface area (Å²) in [5.41, 5.74) is 1.91. The molecule has 5 aromatic rings. The van der Waals surface area contributed by atoms with Crippen LogP contribution in [0, 0.1) is 0 Å². The van der Waals surface area contributed by atoms with E-state index in [1.165, 1.54) is 32.3 Å². The topological polar surface area (TPSA) is 13.1 Å². The number of benzene rings is 4. The molecule has 1 heterocycles. The average molecular weight is 268 g/mol. The fourth-order valence-electron chi connectivity index (χ4n) is 3.24. The Bertz CT molecular complexity index is 1130. The Kier molecular flexibility index (Phi) is 2.01. The molecule has 1 heteroatoms. The molecule has 0 spiro atoms. The first kappa shape index (κ1) is 10.9. The van der Waals surface area contributed by atoms with Crippen molar-refractivity contribution in [3.63, 3.8) is 0 Å². The van der Waals surface area contributed by atoms with Crippen molar-refractivity contribution in [2.75, 3.05) is 0 Å². The van der Waals surface area contributed by atoms with Gasteiger partial charge in [-0.15, -0.1) is 0 Å². The van der Waals surface area contributed by atoms with Crippen molar-refractivity contribution in [1.29, 1.82) is 0 Å². The van der Waals surface area contributed by atoms with Gasteiger partial charge in [0, 0.05) is 10.8 Å². The molecule has 0 radical (unpaired) electrons. The van der Waals surface area contributed by atoms with Crippen LogP contribution >= 0.6 is 0 Å². The van der Waals surface area contributed by atoms with Crippen LogP contribution in [0.25, 0.3) is 43.5 Å². The molecule has 0 atom stereocenters. The highest BCUT2D eigenvalue weighted by Crippen LogP contribution is 2.36. The van der Waals surface area contributed by atoms with Crippen LogP contribution in [0.5, 0.6) is 0 Å². The van der Waals surface area contributed by atoms with Crippen LogP contribution < -0.4 is 0 Å². The van der Waals surface area contributed by atoms with E-state index in [9.17, 15) is 0 Å². The van der Waals surface area contributed by atoms with Gasteiger partial charge in [0.1, 0.15) is 11.2 Å². The summed E-state index contributed by atoms with van der Waals surface area (Å²) in [6.07, 6.45) is 0. The Labute approximate surface area is 121 Å². The molecule has 4 aromatic carbocycles. The smallest absolute Gasteiger partial charge is 0.136 e. The van der Waals surface area contributed by atoms with Gasteiger partial charge in [0.25, 0.3) is 0 Å². The number of rotatable bonds is 0. The third-order valence-corrected chi connectivity index (χ3v) is 4.22. The molecule has 0 saturated heterocycles. The Hall–Kier alpha value is -2.80. The first-order valence-electron chi connectivity index (χ1n) is 7.13. The Balaban J connectivity index is 2.09. The van der Waals surface area contributed by atoms with E-state index in [1.54, 1.807) is 0 Å². The molecule has 21 heavy (non-hydrogen) atoms. The van der Waals surface area contributed by atoms with Gasteiger partial charge in [0.05, 0.1) is 0 Å². The predicted molar refractivity (Wildman–Crippen MR) is 88.7 cm³/mol. The first-order chi connectivity index (χ1) is 10.4. The SMILES string of the molecule is c1ccc2cc3c(ccc4oc5ccccc5c43)cc2c1. The lowest BCUT2D eigenvalue weighted by molar-refractivity contribution is 0.669. The van der Waals surface area contributed by atoms with Gasteiger partial charge >= 0.3 is 0 Å². The Morgan fingerprint density at radius 2 is 1.29 bits per heavy atom. The van der Waals surface area contributed by atoms with Crippen LogP contribution in [0.15, 0.2) is 77.2 Å². The maximum atomic E-state index is 5.97. The molecule has 0 bridgehead atoms. The molecule has 0 aliphatic rings. The largest absolute Gasteiger partial charge is 0.456 e. The van der Waals surface area contributed by atoms with Gasteiger partial charge in [-0.3, -0.25) is 0 Å². The molecule has 98 valence electrons. The van der Waals surface area contributed by atoms with Crippen molar-refractivity contribution in [2.24, 2.45) is 0 Å². The second-order valence-corrected chi connectivity index (χ2v) is 5.46. The summed E-state index contributed by atoms with van der Waals surface area (Å²) >= 11 is 0. The number of fused-ring (bicyclic) bond motifs is 6. The van der Waals surface area contributed by atoms with Gasteiger partial charge in [0.15, 0.2) is 0 Å². The Morgan fingerprint density at radius 1 is 0.524 bits per heavy atom. The normalized spacial score (nSPS) is 11.8. The number of hydrogen-bond acceptors (Lipinski definition) is 1. The molecule has 0 amide bonds. The summed E-state index contributed by atoms with van der Waals surface area (Å²) in [4.78, 5) is 0. The minimum Gasteiger partial charge on any atom is -0.456 e. The molecule has 0 N–H and O–H groups in total. The quantitative estimate of drug-likeness (QED) is 0.319. The van der Waals surface area contributed by atoms with E-state index in [4.69, 9.17) is 4.42 Å². The summed E-state index contributed by atoms with van der Waals surface area (Å²) in [6.45, 7) is 0. The molecule has 0 saturated carbocycles.